The molecule has 0 radical (unpaired) electrons. The lowest BCUT2D eigenvalue weighted by Gasteiger charge is -2.17. The van der Waals surface area contributed by atoms with Gasteiger partial charge in [-0.25, -0.2) is 4.98 Å². The number of rotatable bonds is 4. The summed E-state index contributed by atoms with van der Waals surface area (Å²) in [7, 11) is 0. The maximum absolute atomic E-state index is 5.91. The van der Waals surface area contributed by atoms with Crippen LogP contribution in [0, 0.1) is 5.92 Å². The average molecular weight is 227 g/mol. The SMILES string of the molecule is CC(NCC1COCC1N)c1nccs1. The molecule has 1 aliphatic heterocycles. The fourth-order valence-electron chi connectivity index (χ4n) is 1.69. The molecule has 0 aromatic carbocycles. The van der Waals surface area contributed by atoms with Gasteiger partial charge < -0.3 is 15.8 Å². The Labute approximate surface area is 93.8 Å². The number of nitrogens with two attached hydrogens (primary N) is 1. The molecule has 84 valence electrons. The van der Waals surface area contributed by atoms with Crippen LogP contribution in [0.3, 0.4) is 0 Å². The molecule has 0 saturated carbocycles. The normalized spacial score (nSPS) is 28.1. The summed E-state index contributed by atoms with van der Waals surface area (Å²) in [5.74, 6) is 0.437. The summed E-state index contributed by atoms with van der Waals surface area (Å²) in [6, 6.07) is 0.485. The van der Waals surface area contributed by atoms with Crippen LogP contribution >= 0.6 is 11.3 Å². The first-order valence-electron chi connectivity index (χ1n) is 5.23. The zero-order chi connectivity index (χ0) is 10.7. The van der Waals surface area contributed by atoms with E-state index in [1.165, 1.54) is 0 Å². The van der Waals surface area contributed by atoms with E-state index in [2.05, 4.69) is 17.2 Å². The molecule has 3 N–H and O–H groups in total. The fourth-order valence-corrected chi connectivity index (χ4v) is 2.36. The molecule has 3 atom stereocenters. The molecule has 1 saturated heterocycles. The van der Waals surface area contributed by atoms with E-state index in [1.807, 2.05) is 11.6 Å². The highest BCUT2D eigenvalue weighted by atomic mass is 32.1. The largest absolute Gasteiger partial charge is 0.379 e. The van der Waals surface area contributed by atoms with Crippen molar-refractivity contribution in [3.63, 3.8) is 0 Å². The number of nitrogens with one attached hydrogen (secondary N) is 1. The topological polar surface area (TPSA) is 60.2 Å². The van der Waals surface area contributed by atoms with Crippen molar-refractivity contribution in [1.82, 2.24) is 10.3 Å². The van der Waals surface area contributed by atoms with Gasteiger partial charge in [0.15, 0.2) is 0 Å². The smallest absolute Gasteiger partial charge is 0.109 e. The van der Waals surface area contributed by atoms with E-state index in [-0.39, 0.29) is 6.04 Å². The van der Waals surface area contributed by atoms with Gasteiger partial charge >= 0.3 is 0 Å². The molecular formula is C10H17N3OS. The quantitative estimate of drug-likeness (QED) is 0.797. The van der Waals surface area contributed by atoms with Crippen molar-refractivity contribution in [2.75, 3.05) is 19.8 Å². The van der Waals surface area contributed by atoms with Gasteiger partial charge in [-0.3, -0.25) is 0 Å². The van der Waals surface area contributed by atoms with Crippen molar-refractivity contribution in [1.29, 1.82) is 0 Å². The maximum Gasteiger partial charge on any atom is 0.109 e. The van der Waals surface area contributed by atoms with Crippen LogP contribution < -0.4 is 11.1 Å². The highest BCUT2D eigenvalue weighted by Crippen LogP contribution is 2.16. The third-order valence-electron chi connectivity index (χ3n) is 2.76. The molecule has 1 fully saturated rings. The number of aromatic nitrogens is 1. The molecule has 2 rings (SSSR count). The van der Waals surface area contributed by atoms with Crippen LogP contribution in [0.5, 0.6) is 0 Å². The lowest BCUT2D eigenvalue weighted by Crippen LogP contribution is -2.36. The van der Waals surface area contributed by atoms with Crippen LogP contribution in [0.15, 0.2) is 11.6 Å². The Balaban J connectivity index is 1.78. The number of thiazole rings is 1. The predicted molar refractivity (Wildman–Crippen MR) is 60.8 cm³/mol. The van der Waals surface area contributed by atoms with E-state index in [9.17, 15) is 0 Å². The summed E-state index contributed by atoms with van der Waals surface area (Å²) in [5.41, 5.74) is 5.91. The summed E-state index contributed by atoms with van der Waals surface area (Å²) in [5, 5.41) is 6.57. The summed E-state index contributed by atoms with van der Waals surface area (Å²) < 4.78 is 5.31. The molecule has 15 heavy (non-hydrogen) atoms. The molecule has 1 aromatic heterocycles. The van der Waals surface area contributed by atoms with Crippen molar-refractivity contribution in [2.24, 2.45) is 11.7 Å². The zero-order valence-corrected chi connectivity index (χ0v) is 9.67. The van der Waals surface area contributed by atoms with Crippen LogP contribution in [-0.4, -0.2) is 30.8 Å². The second-order valence-corrected chi connectivity index (χ2v) is 4.89. The number of hydrogen-bond acceptors (Lipinski definition) is 5. The fraction of sp³-hybridized carbons (Fsp3) is 0.700. The van der Waals surface area contributed by atoms with Crippen molar-refractivity contribution >= 4 is 11.3 Å². The summed E-state index contributed by atoms with van der Waals surface area (Å²) in [4.78, 5) is 4.27. The third kappa shape index (κ3) is 2.75. The summed E-state index contributed by atoms with van der Waals surface area (Å²) in [6.45, 7) is 4.50. The van der Waals surface area contributed by atoms with Gasteiger partial charge in [0.1, 0.15) is 5.01 Å². The van der Waals surface area contributed by atoms with E-state index in [4.69, 9.17) is 10.5 Å². The van der Waals surface area contributed by atoms with Gasteiger partial charge in [0.25, 0.3) is 0 Å². The van der Waals surface area contributed by atoms with Gasteiger partial charge in [0.05, 0.1) is 19.3 Å². The minimum absolute atomic E-state index is 0.181. The van der Waals surface area contributed by atoms with Crippen molar-refractivity contribution in [2.45, 2.75) is 19.0 Å². The molecule has 1 aliphatic rings. The lowest BCUT2D eigenvalue weighted by atomic mass is 10.0. The minimum Gasteiger partial charge on any atom is -0.379 e. The molecule has 1 aromatic rings. The van der Waals surface area contributed by atoms with Gasteiger partial charge in [-0.05, 0) is 6.92 Å². The van der Waals surface area contributed by atoms with E-state index >= 15 is 0 Å². The van der Waals surface area contributed by atoms with Gasteiger partial charge in [-0.1, -0.05) is 0 Å². The first-order valence-corrected chi connectivity index (χ1v) is 6.11. The molecule has 2 heterocycles. The predicted octanol–water partition coefficient (Wildman–Crippen LogP) is 0.767. The molecule has 3 unspecified atom stereocenters. The zero-order valence-electron chi connectivity index (χ0n) is 8.85. The lowest BCUT2D eigenvalue weighted by molar-refractivity contribution is 0.183. The number of ether oxygens (including phenoxy) is 1. The Morgan fingerprint density at radius 1 is 1.73 bits per heavy atom. The Bertz CT molecular complexity index is 291. The van der Waals surface area contributed by atoms with Crippen LogP contribution in [0.2, 0.25) is 0 Å². The monoisotopic (exact) mass is 227 g/mol. The van der Waals surface area contributed by atoms with E-state index in [1.54, 1.807) is 11.3 Å². The van der Waals surface area contributed by atoms with E-state index < -0.39 is 0 Å². The second kappa shape index (κ2) is 5.03. The Kier molecular flexibility index (Phi) is 3.69. The molecule has 0 bridgehead atoms. The average Bonchev–Trinajstić information content (AvgIpc) is 2.85. The minimum atomic E-state index is 0.181. The van der Waals surface area contributed by atoms with Gasteiger partial charge in [0, 0.05) is 30.1 Å². The number of hydrogen-bond donors (Lipinski definition) is 2. The summed E-state index contributed by atoms with van der Waals surface area (Å²) >= 11 is 1.68. The maximum atomic E-state index is 5.91. The van der Waals surface area contributed by atoms with Gasteiger partial charge in [0.2, 0.25) is 0 Å². The first kappa shape index (κ1) is 11.0. The van der Waals surface area contributed by atoms with Gasteiger partial charge in [-0.2, -0.15) is 0 Å². The highest BCUT2D eigenvalue weighted by molar-refractivity contribution is 7.09. The molecule has 0 amide bonds. The van der Waals surface area contributed by atoms with Gasteiger partial charge in [-0.15, -0.1) is 11.3 Å². The first-order chi connectivity index (χ1) is 7.27. The van der Waals surface area contributed by atoms with Crippen molar-refractivity contribution in [3.05, 3.63) is 16.6 Å². The van der Waals surface area contributed by atoms with Crippen LogP contribution in [0.25, 0.3) is 0 Å². The standard InChI is InChI=1S/C10H17N3OS/c1-7(10-12-2-3-15-10)13-4-8-5-14-6-9(8)11/h2-3,7-9,13H,4-6,11H2,1H3. The Morgan fingerprint density at radius 3 is 3.20 bits per heavy atom. The third-order valence-corrected chi connectivity index (χ3v) is 3.71. The van der Waals surface area contributed by atoms with E-state index in [0.717, 1.165) is 18.2 Å². The van der Waals surface area contributed by atoms with Crippen molar-refractivity contribution in [3.8, 4) is 0 Å². The molecular weight excluding hydrogens is 210 g/mol. The van der Waals surface area contributed by atoms with Crippen molar-refractivity contribution < 1.29 is 4.74 Å². The molecule has 4 nitrogen and oxygen atoms in total. The molecule has 0 aliphatic carbocycles. The van der Waals surface area contributed by atoms with Crippen LogP contribution in [0.1, 0.15) is 18.0 Å². The van der Waals surface area contributed by atoms with Crippen LogP contribution in [-0.2, 0) is 4.74 Å². The Morgan fingerprint density at radius 2 is 2.60 bits per heavy atom. The molecule has 5 heteroatoms. The van der Waals surface area contributed by atoms with E-state index in [0.29, 0.717) is 18.6 Å². The number of nitrogens with zero attached hydrogens (tertiary/aromatic N) is 1. The summed E-state index contributed by atoms with van der Waals surface area (Å²) in [6.07, 6.45) is 1.84. The Hall–Kier alpha value is -0.490. The molecule has 0 spiro atoms. The highest BCUT2D eigenvalue weighted by Gasteiger charge is 2.25. The van der Waals surface area contributed by atoms with Crippen LogP contribution in [0.4, 0.5) is 0 Å². The second-order valence-electron chi connectivity index (χ2n) is 3.96.